The highest BCUT2D eigenvalue weighted by Gasteiger charge is 2.27. The van der Waals surface area contributed by atoms with Crippen LogP contribution < -0.4 is 10.2 Å². The molecule has 0 spiro atoms. The molecule has 0 bridgehead atoms. The van der Waals surface area contributed by atoms with E-state index in [0.29, 0.717) is 35.3 Å². The van der Waals surface area contributed by atoms with Crippen LogP contribution in [0.15, 0.2) is 30.5 Å². The average Bonchev–Trinajstić information content (AvgIpc) is 3.39. The van der Waals surface area contributed by atoms with Crippen molar-refractivity contribution in [3.05, 3.63) is 47.0 Å². The molecule has 1 aliphatic carbocycles. The summed E-state index contributed by atoms with van der Waals surface area (Å²) in [5, 5.41) is 3.21. The summed E-state index contributed by atoms with van der Waals surface area (Å²) in [5.41, 5.74) is 1.52. The fourth-order valence-electron chi connectivity index (χ4n) is 2.92. The molecule has 2 heterocycles. The fourth-order valence-corrected chi connectivity index (χ4v) is 3.09. The Kier molecular flexibility index (Phi) is 4.13. The topological polar surface area (TPSA) is 75.2 Å². The fraction of sp³-hybridized carbons (Fsp3) is 0.333. The minimum absolute atomic E-state index is 0.0875. The standard InChI is InChI=1S/C18H17ClN4O2/c19-13-6-5-12(23-9-1-2-16(23)24)10-15(13)22-18(25)14-7-8-20-17(21-14)11-3-4-11/h5-8,10-11H,1-4,9H2,(H,22,25). The van der Waals surface area contributed by atoms with Gasteiger partial charge in [-0.2, -0.15) is 0 Å². The number of nitrogens with one attached hydrogen (secondary N) is 1. The van der Waals surface area contributed by atoms with E-state index in [1.807, 2.05) is 0 Å². The average molecular weight is 357 g/mol. The van der Waals surface area contributed by atoms with E-state index in [1.165, 1.54) is 0 Å². The van der Waals surface area contributed by atoms with Crippen molar-refractivity contribution >= 4 is 34.8 Å². The zero-order valence-electron chi connectivity index (χ0n) is 13.5. The first-order valence-corrected chi connectivity index (χ1v) is 8.74. The summed E-state index contributed by atoms with van der Waals surface area (Å²) in [6.07, 6.45) is 5.14. The molecular formula is C18H17ClN4O2. The van der Waals surface area contributed by atoms with Crippen molar-refractivity contribution in [2.75, 3.05) is 16.8 Å². The van der Waals surface area contributed by atoms with E-state index in [2.05, 4.69) is 15.3 Å². The molecule has 7 heteroatoms. The first kappa shape index (κ1) is 16.0. The summed E-state index contributed by atoms with van der Waals surface area (Å²) in [7, 11) is 0. The second-order valence-corrected chi connectivity index (χ2v) is 6.75. The molecule has 1 N–H and O–H groups in total. The van der Waals surface area contributed by atoms with Crippen LogP contribution >= 0.6 is 11.6 Å². The predicted molar refractivity (Wildman–Crippen MR) is 95.0 cm³/mol. The van der Waals surface area contributed by atoms with Gasteiger partial charge in [0.05, 0.1) is 10.7 Å². The van der Waals surface area contributed by atoms with Gasteiger partial charge in [-0.05, 0) is 43.5 Å². The number of anilines is 2. The van der Waals surface area contributed by atoms with Crippen LogP contribution in [0.4, 0.5) is 11.4 Å². The van der Waals surface area contributed by atoms with E-state index in [-0.39, 0.29) is 11.8 Å². The highest BCUT2D eigenvalue weighted by molar-refractivity contribution is 6.34. The summed E-state index contributed by atoms with van der Waals surface area (Å²) in [5.74, 6) is 0.844. The Hall–Kier alpha value is -2.47. The third-order valence-corrected chi connectivity index (χ3v) is 4.76. The third kappa shape index (κ3) is 3.35. The molecule has 0 radical (unpaired) electrons. The molecule has 0 atom stereocenters. The zero-order chi connectivity index (χ0) is 17.4. The molecule has 2 fully saturated rings. The van der Waals surface area contributed by atoms with E-state index < -0.39 is 0 Å². The van der Waals surface area contributed by atoms with Crippen molar-refractivity contribution < 1.29 is 9.59 Å². The van der Waals surface area contributed by atoms with Crippen molar-refractivity contribution in [3.8, 4) is 0 Å². The number of hydrogen-bond donors (Lipinski definition) is 1. The van der Waals surface area contributed by atoms with Crippen LogP contribution in [0.25, 0.3) is 0 Å². The molecule has 128 valence electrons. The second-order valence-electron chi connectivity index (χ2n) is 6.34. The van der Waals surface area contributed by atoms with Gasteiger partial charge in [0.2, 0.25) is 5.91 Å². The van der Waals surface area contributed by atoms with Crippen molar-refractivity contribution in [1.82, 2.24) is 9.97 Å². The summed E-state index contributed by atoms with van der Waals surface area (Å²) in [6, 6.07) is 6.79. The number of halogens is 1. The Morgan fingerprint density at radius 3 is 2.84 bits per heavy atom. The summed E-state index contributed by atoms with van der Waals surface area (Å²) >= 11 is 6.21. The van der Waals surface area contributed by atoms with Gasteiger partial charge >= 0.3 is 0 Å². The van der Waals surface area contributed by atoms with Gasteiger partial charge in [0, 0.05) is 30.8 Å². The lowest BCUT2D eigenvalue weighted by atomic mass is 10.2. The van der Waals surface area contributed by atoms with Crippen molar-refractivity contribution in [2.24, 2.45) is 0 Å². The molecule has 1 saturated heterocycles. The third-order valence-electron chi connectivity index (χ3n) is 4.43. The van der Waals surface area contributed by atoms with Crippen LogP contribution in [0.1, 0.15) is 47.9 Å². The van der Waals surface area contributed by atoms with E-state index in [9.17, 15) is 9.59 Å². The van der Waals surface area contributed by atoms with Gasteiger partial charge in [-0.25, -0.2) is 9.97 Å². The van der Waals surface area contributed by atoms with Gasteiger partial charge in [-0.15, -0.1) is 0 Å². The number of hydrogen-bond acceptors (Lipinski definition) is 4. The molecule has 1 saturated carbocycles. The van der Waals surface area contributed by atoms with E-state index in [0.717, 1.165) is 30.8 Å². The molecule has 6 nitrogen and oxygen atoms in total. The molecule has 4 rings (SSSR count). The van der Waals surface area contributed by atoms with Gasteiger partial charge < -0.3 is 10.2 Å². The second kappa shape index (κ2) is 6.44. The molecule has 2 aromatic rings. The number of aromatic nitrogens is 2. The largest absolute Gasteiger partial charge is 0.319 e. The van der Waals surface area contributed by atoms with Crippen molar-refractivity contribution in [1.29, 1.82) is 0 Å². The highest BCUT2D eigenvalue weighted by Crippen LogP contribution is 2.37. The number of amides is 2. The summed E-state index contributed by atoms with van der Waals surface area (Å²) in [4.78, 5) is 34.7. The molecule has 1 aliphatic heterocycles. The highest BCUT2D eigenvalue weighted by atomic mass is 35.5. The molecule has 0 unspecified atom stereocenters. The van der Waals surface area contributed by atoms with Crippen LogP contribution in [-0.2, 0) is 4.79 Å². The SMILES string of the molecule is O=C(Nc1cc(N2CCCC2=O)ccc1Cl)c1ccnc(C2CC2)n1. The molecule has 2 aliphatic rings. The monoisotopic (exact) mass is 356 g/mol. The van der Waals surface area contributed by atoms with Gasteiger partial charge in [-0.3, -0.25) is 9.59 Å². The van der Waals surface area contributed by atoms with E-state index >= 15 is 0 Å². The van der Waals surface area contributed by atoms with Gasteiger partial charge in [0.1, 0.15) is 11.5 Å². The van der Waals surface area contributed by atoms with Crippen LogP contribution in [0.2, 0.25) is 5.02 Å². The lowest BCUT2D eigenvalue weighted by molar-refractivity contribution is -0.117. The minimum Gasteiger partial charge on any atom is -0.319 e. The van der Waals surface area contributed by atoms with E-state index in [1.54, 1.807) is 35.4 Å². The smallest absolute Gasteiger partial charge is 0.274 e. The normalized spacial score (nSPS) is 17.0. The van der Waals surface area contributed by atoms with Gasteiger partial charge in [0.25, 0.3) is 5.91 Å². The van der Waals surface area contributed by atoms with Crippen LogP contribution in [-0.4, -0.2) is 28.3 Å². The van der Waals surface area contributed by atoms with Gasteiger partial charge in [-0.1, -0.05) is 11.6 Å². The lowest BCUT2D eigenvalue weighted by Crippen LogP contribution is -2.24. The van der Waals surface area contributed by atoms with Crippen molar-refractivity contribution in [3.63, 3.8) is 0 Å². The number of benzene rings is 1. The number of carbonyl (C=O) groups is 2. The summed E-state index contributed by atoms with van der Waals surface area (Å²) in [6.45, 7) is 0.685. The Bertz CT molecular complexity index is 851. The molecule has 25 heavy (non-hydrogen) atoms. The molecule has 1 aromatic heterocycles. The summed E-state index contributed by atoms with van der Waals surface area (Å²) < 4.78 is 0. The maximum atomic E-state index is 12.5. The molecular weight excluding hydrogens is 340 g/mol. The van der Waals surface area contributed by atoms with Crippen LogP contribution in [0.5, 0.6) is 0 Å². The quantitative estimate of drug-likeness (QED) is 0.911. The lowest BCUT2D eigenvalue weighted by Gasteiger charge is -2.17. The Morgan fingerprint density at radius 2 is 2.12 bits per heavy atom. The zero-order valence-corrected chi connectivity index (χ0v) is 14.3. The Labute approximate surface area is 150 Å². The van der Waals surface area contributed by atoms with E-state index in [4.69, 9.17) is 11.6 Å². The number of nitrogens with zero attached hydrogens (tertiary/aromatic N) is 3. The maximum Gasteiger partial charge on any atom is 0.274 e. The van der Waals surface area contributed by atoms with Crippen LogP contribution in [0, 0.1) is 0 Å². The molecule has 1 aromatic carbocycles. The first-order valence-electron chi connectivity index (χ1n) is 8.36. The molecule has 2 amide bonds. The van der Waals surface area contributed by atoms with Gasteiger partial charge in [0.15, 0.2) is 0 Å². The number of carbonyl (C=O) groups excluding carboxylic acids is 2. The van der Waals surface area contributed by atoms with Crippen LogP contribution in [0.3, 0.4) is 0 Å². The Balaban J connectivity index is 1.56. The predicted octanol–water partition coefficient (Wildman–Crippen LogP) is 3.39. The Morgan fingerprint density at radius 1 is 1.28 bits per heavy atom. The minimum atomic E-state index is -0.337. The van der Waals surface area contributed by atoms with Crippen molar-refractivity contribution in [2.45, 2.75) is 31.6 Å². The first-order chi connectivity index (χ1) is 12.1. The number of rotatable bonds is 4. The maximum absolute atomic E-state index is 12.5.